The molecule has 12 heteroatoms. The number of nitrogens with one attached hydrogen (secondary N) is 2. The monoisotopic (exact) mass is 456 g/mol. The fraction of sp³-hybridized carbons (Fsp3) is 0.263. The minimum absolute atomic E-state index is 0.236. The van der Waals surface area contributed by atoms with Crippen molar-refractivity contribution < 1.29 is 43.9 Å². The topological polar surface area (TPSA) is 24.1 Å². The Morgan fingerprint density at radius 2 is 0.710 bits per heavy atom. The summed E-state index contributed by atoms with van der Waals surface area (Å²) in [5.74, 6) is -23.3. The van der Waals surface area contributed by atoms with E-state index in [0.29, 0.717) is 0 Å². The highest BCUT2D eigenvalue weighted by Gasteiger charge is 2.46. The van der Waals surface area contributed by atoms with Crippen molar-refractivity contribution in [1.82, 2.24) is 0 Å². The third-order valence-electron chi connectivity index (χ3n) is 5.50. The summed E-state index contributed by atoms with van der Waals surface area (Å²) in [6.45, 7) is 0. The highest BCUT2D eigenvalue weighted by molar-refractivity contribution is 5.54. The first kappa shape index (κ1) is 21.3. The smallest absolute Gasteiger partial charge is 0.200 e. The van der Waals surface area contributed by atoms with Crippen molar-refractivity contribution in [3.05, 3.63) is 70.3 Å². The number of hydrogen-bond acceptors (Lipinski definition) is 2. The van der Waals surface area contributed by atoms with E-state index in [1.807, 2.05) is 0 Å². The first-order valence-corrected chi connectivity index (χ1v) is 8.78. The largest absolute Gasteiger partial charge is 0.375 e. The summed E-state index contributed by atoms with van der Waals surface area (Å²) < 4.78 is 137. The van der Waals surface area contributed by atoms with Gasteiger partial charge in [-0.05, 0) is 18.3 Å². The van der Waals surface area contributed by atoms with E-state index in [4.69, 9.17) is 0 Å². The van der Waals surface area contributed by atoms with Gasteiger partial charge in [0.1, 0.15) is 11.4 Å². The summed E-state index contributed by atoms with van der Waals surface area (Å²) >= 11 is 0. The second-order valence-electron chi connectivity index (χ2n) is 7.18. The van der Waals surface area contributed by atoms with Crippen LogP contribution in [0, 0.1) is 70.0 Å². The average Bonchev–Trinajstić information content (AvgIpc) is 3.36. The molecule has 2 aromatic rings. The molecular weight excluding hydrogens is 446 g/mol. The van der Waals surface area contributed by atoms with Crippen molar-refractivity contribution >= 4 is 11.4 Å². The van der Waals surface area contributed by atoms with Crippen LogP contribution in [0.15, 0.2) is 12.2 Å². The molecular formula is C19H10F10N2. The summed E-state index contributed by atoms with van der Waals surface area (Å²) in [7, 11) is 0. The Hall–Kier alpha value is -2.92. The fourth-order valence-corrected chi connectivity index (χ4v) is 4.01. The van der Waals surface area contributed by atoms with Crippen LogP contribution >= 0.6 is 0 Å². The van der Waals surface area contributed by atoms with Gasteiger partial charge in [0, 0.05) is 0 Å². The van der Waals surface area contributed by atoms with Gasteiger partial charge in [0.15, 0.2) is 46.5 Å². The molecule has 0 heterocycles. The van der Waals surface area contributed by atoms with Gasteiger partial charge in [0.05, 0.1) is 12.1 Å². The third-order valence-corrected chi connectivity index (χ3v) is 5.50. The van der Waals surface area contributed by atoms with Crippen LogP contribution in [-0.4, -0.2) is 12.1 Å². The van der Waals surface area contributed by atoms with Gasteiger partial charge in [-0.15, -0.1) is 0 Å². The molecule has 4 atom stereocenters. The van der Waals surface area contributed by atoms with Crippen LogP contribution in [0.4, 0.5) is 55.3 Å². The lowest BCUT2D eigenvalue weighted by atomic mass is 9.95. The van der Waals surface area contributed by atoms with E-state index in [0.717, 1.165) is 0 Å². The van der Waals surface area contributed by atoms with Gasteiger partial charge < -0.3 is 10.6 Å². The Bertz CT molecular complexity index is 972. The zero-order valence-corrected chi connectivity index (χ0v) is 15.0. The summed E-state index contributed by atoms with van der Waals surface area (Å²) in [5.41, 5.74) is -2.74. The minimum atomic E-state index is -2.37. The van der Waals surface area contributed by atoms with Crippen LogP contribution in [-0.2, 0) is 0 Å². The van der Waals surface area contributed by atoms with Crippen molar-refractivity contribution in [3.63, 3.8) is 0 Å². The van der Waals surface area contributed by atoms with Gasteiger partial charge >= 0.3 is 0 Å². The van der Waals surface area contributed by atoms with Gasteiger partial charge in [0.2, 0.25) is 11.6 Å². The molecule has 0 saturated heterocycles. The van der Waals surface area contributed by atoms with Crippen LogP contribution in [0.5, 0.6) is 0 Å². The predicted molar refractivity (Wildman–Crippen MR) is 88.0 cm³/mol. The lowest BCUT2D eigenvalue weighted by molar-refractivity contribution is 0.377. The molecule has 2 aliphatic carbocycles. The van der Waals surface area contributed by atoms with Gasteiger partial charge in [-0.25, -0.2) is 43.9 Å². The summed E-state index contributed by atoms with van der Waals surface area (Å²) in [6.07, 6.45) is 3.33. The standard InChI is InChI=1S/C19H10F10N2/c20-6-8(22)12(26)18(13(27)9(6)23)30-16-4-1-2-5(3-4)17(16)31-19-14(28)10(24)7(21)11(25)15(19)29/h1-2,4-5,16-17,30-31H,3H2/t4-,5+,16-,17+. The van der Waals surface area contributed by atoms with Crippen LogP contribution < -0.4 is 10.6 Å². The van der Waals surface area contributed by atoms with Gasteiger partial charge in [-0.2, -0.15) is 0 Å². The number of rotatable bonds is 4. The first-order chi connectivity index (χ1) is 14.5. The molecule has 1 saturated carbocycles. The molecule has 0 spiro atoms. The van der Waals surface area contributed by atoms with Crippen LogP contribution in [0.3, 0.4) is 0 Å². The summed E-state index contributed by atoms with van der Waals surface area (Å²) in [4.78, 5) is 0. The fourth-order valence-electron chi connectivity index (χ4n) is 4.01. The Balaban J connectivity index is 1.72. The van der Waals surface area contributed by atoms with Crippen molar-refractivity contribution in [3.8, 4) is 0 Å². The predicted octanol–water partition coefficient (Wildman–Crippen LogP) is 5.54. The Morgan fingerprint density at radius 1 is 0.452 bits per heavy atom. The quantitative estimate of drug-likeness (QED) is 0.273. The SMILES string of the molecule is Fc1c(F)c(F)c(N[C@@H]2[C@H](Nc3c(F)c(F)c(F)c(F)c3F)[C@@H]3C=C[C@H]2C3)c(F)c1F. The number of fused-ring (bicyclic) bond motifs is 2. The van der Waals surface area contributed by atoms with Crippen LogP contribution in [0.25, 0.3) is 0 Å². The zero-order valence-electron chi connectivity index (χ0n) is 15.0. The van der Waals surface area contributed by atoms with Crippen molar-refractivity contribution in [2.75, 3.05) is 10.6 Å². The molecule has 0 radical (unpaired) electrons. The number of hydrogen-bond donors (Lipinski definition) is 2. The third kappa shape index (κ3) is 3.10. The van der Waals surface area contributed by atoms with Crippen molar-refractivity contribution in [2.24, 2.45) is 11.8 Å². The highest BCUT2D eigenvalue weighted by Crippen LogP contribution is 2.44. The molecule has 4 rings (SSSR count). The van der Waals surface area contributed by atoms with Crippen molar-refractivity contribution in [2.45, 2.75) is 18.5 Å². The average molecular weight is 456 g/mol. The molecule has 0 aliphatic heterocycles. The molecule has 31 heavy (non-hydrogen) atoms. The van der Waals surface area contributed by atoms with E-state index in [2.05, 4.69) is 10.6 Å². The van der Waals surface area contributed by atoms with Gasteiger partial charge in [0.25, 0.3) is 0 Å². The highest BCUT2D eigenvalue weighted by atomic mass is 19.2. The summed E-state index contributed by atoms with van der Waals surface area (Å²) in [6, 6.07) is -2.39. The van der Waals surface area contributed by atoms with E-state index in [1.54, 1.807) is 12.2 Å². The normalized spacial score (nSPS) is 24.2. The molecule has 0 amide bonds. The second-order valence-corrected chi connectivity index (χ2v) is 7.18. The van der Waals surface area contributed by atoms with E-state index < -0.39 is 93.5 Å². The molecule has 2 nitrogen and oxygen atoms in total. The maximum Gasteiger partial charge on any atom is 0.200 e. The Labute approximate surface area is 167 Å². The maximum absolute atomic E-state index is 14.0. The van der Waals surface area contributed by atoms with Crippen molar-refractivity contribution in [1.29, 1.82) is 0 Å². The second kappa shape index (κ2) is 7.34. The van der Waals surface area contributed by atoms with Crippen LogP contribution in [0.2, 0.25) is 0 Å². The molecule has 0 unspecified atom stereocenters. The number of benzene rings is 2. The molecule has 2 aliphatic rings. The lowest BCUT2D eigenvalue weighted by Crippen LogP contribution is -2.43. The van der Waals surface area contributed by atoms with E-state index in [9.17, 15) is 43.9 Å². The molecule has 2 bridgehead atoms. The number of anilines is 2. The number of halogens is 10. The Morgan fingerprint density at radius 3 is 1.00 bits per heavy atom. The zero-order chi connectivity index (χ0) is 22.8. The Kier molecular flexibility index (Phi) is 5.05. The van der Waals surface area contributed by atoms with Gasteiger partial charge in [-0.1, -0.05) is 12.2 Å². The van der Waals surface area contributed by atoms with E-state index in [1.165, 1.54) is 0 Å². The van der Waals surface area contributed by atoms with E-state index >= 15 is 0 Å². The lowest BCUT2D eigenvalue weighted by Gasteiger charge is -2.31. The molecule has 2 aromatic carbocycles. The first-order valence-electron chi connectivity index (χ1n) is 8.78. The summed E-state index contributed by atoms with van der Waals surface area (Å²) in [5, 5.41) is 4.30. The molecule has 0 aromatic heterocycles. The molecule has 166 valence electrons. The molecule has 2 N–H and O–H groups in total. The molecule has 1 fully saturated rings. The van der Waals surface area contributed by atoms with Gasteiger partial charge in [-0.3, -0.25) is 0 Å². The van der Waals surface area contributed by atoms with E-state index in [-0.39, 0.29) is 6.42 Å². The van der Waals surface area contributed by atoms with Crippen LogP contribution in [0.1, 0.15) is 6.42 Å². The maximum atomic E-state index is 14.0. The minimum Gasteiger partial charge on any atom is -0.375 e.